The molecule has 1 N–H and O–H groups in total. The first-order chi connectivity index (χ1) is 6.13. The molecule has 0 saturated heterocycles. The van der Waals surface area contributed by atoms with Gasteiger partial charge in [0.25, 0.3) is 0 Å². The third-order valence-electron chi connectivity index (χ3n) is 2.67. The molecule has 13 heavy (non-hydrogen) atoms. The SMILES string of the molecule is CCCC(C)C(=O)NC1(CCl)CC1. The van der Waals surface area contributed by atoms with E-state index in [1.807, 2.05) is 6.92 Å². The van der Waals surface area contributed by atoms with Crippen LogP contribution in [-0.4, -0.2) is 17.3 Å². The number of alkyl halides is 1. The minimum absolute atomic E-state index is 0.0410. The Morgan fingerprint density at radius 1 is 1.62 bits per heavy atom. The predicted octanol–water partition coefficient (Wildman–Crippen LogP) is 2.31. The summed E-state index contributed by atoms with van der Waals surface area (Å²) in [5, 5.41) is 3.03. The minimum atomic E-state index is -0.0410. The van der Waals surface area contributed by atoms with Gasteiger partial charge in [-0.05, 0) is 19.3 Å². The zero-order valence-electron chi connectivity index (χ0n) is 8.40. The number of carbonyl (C=O) groups excluding carboxylic acids is 1. The highest BCUT2D eigenvalue weighted by molar-refractivity contribution is 6.19. The average Bonchev–Trinajstić information content (AvgIpc) is 2.86. The van der Waals surface area contributed by atoms with E-state index in [1.54, 1.807) is 0 Å². The molecule has 0 aliphatic heterocycles. The van der Waals surface area contributed by atoms with Gasteiger partial charge in [0, 0.05) is 11.8 Å². The van der Waals surface area contributed by atoms with Crippen LogP contribution >= 0.6 is 11.6 Å². The van der Waals surface area contributed by atoms with Crippen LogP contribution in [-0.2, 0) is 4.79 Å². The highest BCUT2D eigenvalue weighted by Crippen LogP contribution is 2.36. The Hall–Kier alpha value is -0.240. The largest absolute Gasteiger partial charge is 0.349 e. The van der Waals surface area contributed by atoms with Crippen molar-refractivity contribution in [3.8, 4) is 0 Å². The number of amides is 1. The van der Waals surface area contributed by atoms with Crippen LogP contribution in [0.25, 0.3) is 0 Å². The third-order valence-corrected chi connectivity index (χ3v) is 3.18. The molecule has 1 aliphatic rings. The van der Waals surface area contributed by atoms with Crippen LogP contribution in [0.4, 0.5) is 0 Å². The molecule has 1 saturated carbocycles. The molecular weight excluding hydrogens is 186 g/mol. The van der Waals surface area contributed by atoms with Gasteiger partial charge in [0.2, 0.25) is 5.91 Å². The zero-order chi connectivity index (χ0) is 9.90. The summed E-state index contributed by atoms with van der Waals surface area (Å²) in [6.45, 7) is 4.07. The summed E-state index contributed by atoms with van der Waals surface area (Å²) in [6.07, 6.45) is 4.11. The van der Waals surface area contributed by atoms with Gasteiger partial charge in [0.05, 0.1) is 5.54 Å². The maximum absolute atomic E-state index is 11.6. The maximum atomic E-state index is 11.6. The van der Waals surface area contributed by atoms with Crippen molar-refractivity contribution in [3.63, 3.8) is 0 Å². The summed E-state index contributed by atoms with van der Waals surface area (Å²) in [5.41, 5.74) is -0.0410. The topological polar surface area (TPSA) is 29.1 Å². The smallest absolute Gasteiger partial charge is 0.223 e. The number of halogens is 1. The summed E-state index contributed by atoms with van der Waals surface area (Å²) >= 11 is 5.77. The van der Waals surface area contributed by atoms with Gasteiger partial charge in [0.1, 0.15) is 0 Å². The van der Waals surface area contributed by atoms with E-state index in [-0.39, 0.29) is 17.4 Å². The van der Waals surface area contributed by atoms with E-state index in [4.69, 9.17) is 11.6 Å². The molecule has 0 bridgehead atoms. The van der Waals surface area contributed by atoms with Gasteiger partial charge >= 0.3 is 0 Å². The molecule has 2 nitrogen and oxygen atoms in total. The van der Waals surface area contributed by atoms with E-state index in [0.717, 1.165) is 25.7 Å². The maximum Gasteiger partial charge on any atom is 0.223 e. The first-order valence-electron chi connectivity index (χ1n) is 5.01. The lowest BCUT2D eigenvalue weighted by atomic mass is 10.1. The summed E-state index contributed by atoms with van der Waals surface area (Å²) in [7, 11) is 0. The Morgan fingerprint density at radius 3 is 2.62 bits per heavy atom. The molecule has 1 amide bonds. The van der Waals surface area contributed by atoms with E-state index in [2.05, 4.69) is 12.2 Å². The first-order valence-corrected chi connectivity index (χ1v) is 5.55. The second-order valence-electron chi connectivity index (χ2n) is 4.09. The summed E-state index contributed by atoms with van der Waals surface area (Å²) in [4.78, 5) is 11.6. The molecule has 1 atom stereocenters. The van der Waals surface area contributed by atoms with Gasteiger partial charge in [0.15, 0.2) is 0 Å². The van der Waals surface area contributed by atoms with Crippen molar-refractivity contribution < 1.29 is 4.79 Å². The van der Waals surface area contributed by atoms with Crippen LogP contribution in [0.3, 0.4) is 0 Å². The molecule has 0 spiro atoms. The Morgan fingerprint density at radius 2 is 2.23 bits per heavy atom. The number of carbonyl (C=O) groups is 1. The number of hydrogen-bond acceptors (Lipinski definition) is 1. The Labute approximate surface area is 85.0 Å². The molecule has 1 fully saturated rings. The van der Waals surface area contributed by atoms with Gasteiger partial charge in [-0.2, -0.15) is 0 Å². The summed E-state index contributed by atoms with van der Waals surface area (Å²) in [5.74, 6) is 0.850. The lowest BCUT2D eigenvalue weighted by molar-refractivity contribution is -0.125. The van der Waals surface area contributed by atoms with Crippen molar-refractivity contribution in [2.75, 3.05) is 5.88 Å². The molecule has 0 aromatic rings. The fourth-order valence-electron chi connectivity index (χ4n) is 1.39. The lowest BCUT2D eigenvalue weighted by Crippen LogP contribution is -2.41. The van der Waals surface area contributed by atoms with Crippen molar-refractivity contribution in [2.45, 2.75) is 45.1 Å². The predicted molar refractivity (Wildman–Crippen MR) is 54.9 cm³/mol. The van der Waals surface area contributed by atoms with Crippen LogP contribution in [0.15, 0.2) is 0 Å². The fraction of sp³-hybridized carbons (Fsp3) is 0.900. The summed E-state index contributed by atoms with van der Waals surface area (Å²) in [6, 6.07) is 0. The quantitative estimate of drug-likeness (QED) is 0.683. The van der Waals surface area contributed by atoms with Crippen LogP contribution < -0.4 is 5.32 Å². The zero-order valence-corrected chi connectivity index (χ0v) is 9.16. The molecule has 1 unspecified atom stereocenters. The number of nitrogens with one attached hydrogen (secondary N) is 1. The van der Waals surface area contributed by atoms with Gasteiger partial charge < -0.3 is 5.32 Å². The van der Waals surface area contributed by atoms with Crippen LogP contribution in [0, 0.1) is 5.92 Å². The average molecular weight is 204 g/mol. The lowest BCUT2D eigenvalue weighted by Gasteiger charge is -2.17. The highest BCUT2D eigenvalue weighted by Gasteiger charge is 2.43. The Bertz CT molecular complexity index is 189. The second-order valence-corrected chi connectivity index (χ2v) is 4.36. The van der Waals surface area contributed by atoms with E-state index in [0.29, 0.717) is 5.88 Å². The van der Waals surface area contributed by atoms with E-state index < -0.39 is 0 Å². The highest BCUT2D eigenvalue weighted by atomic mass is 35.5. The van der Waals surface area contributed by atoms with Crippen molar-refractivity contribution >= 4 is 17.5 Å². The van der Waals surface area contributed by atoms with Crippen molar-refractivity contribution in [2.24, 2.45) is 5.92 Å². The van der Waals surface area contributed by atoms with Crippen LogP contribution in [0.1, 0.15) is 39.5 Å². The summed E-state index contributed by atoms with van der Waals surface area (Å²) < 4.78 is 0. The van der Waals surface area contributed by atoms with Crippen molar-refractivity contribution in [3.05, 3.63) is 0 Å². The fourth-order valence-corrected chi connectivity index (χ4v) is 1.73. The molecule has 0 aromatic carbocycles. The van der Waals surface area contributed by atoms with Crippen molar-refractivity contribution in [1.29, 1.82) is 0 Å². The Balaban J connectivity index is 2.32. The van der Waals surface area contributed by atoms with Crippen molar-refractivity contribution in [1.82, 2.24) is 5.32 Å². The van der Waals surface area contributed by atoms with Gasteiger partial charge in [-0.3, -0.25) is 4.79 Å². The Kier molecular flexibility index (Phi) is 3.60. The molecule has 0 radical (unpaired) electrons. The van der Waals surface area contributed by atoms with Gasteiger partial charge in [-0.25, -0.2) is 0 Å². The normalized spacial score (nSPS) is 20.8. The first kappa shape index (κ1) is 10.8. The second kappa shape index (κ2) is 4.32. The van der Waals surface area contributed by atoms with E-state index in [1.165, 1.54) is 0 Å². The molecular formula is C10H18ClNO. The van der Waals surface area contributed by atoms with E-state index >= 15 is 0 Å². The standard InChI is InChI=1S/C10H18ClNO/c1-3-4-8(2)9(13)12-10(7-11)5-6-10/h8H,3-7H2,1-2H3,(H,12,13). The number of rotatable bonds is 5. The third kappa shape index (κ3) is 2.87. The molecule has 1 rings (SSSR count). The van der Waals surface area contributed by atoms with Gasteiger partial charge in [-0.15, -0.1) is 11.6 Å². The van der Waals surface area contributed by atoms with Crippen LogP contribution in [0.2, 0.25) is 0 Å². The molecule has 1 aliphatic carbocycles. The molecule has 0 heterocycles. The molecule has 3 heteroatoms. The number of hydrogen-bond donors (Lipinski definition) is 1. The van der Waals surface area contributed by atoms with Gasteiger partial charge in [-0.1, -0.05) is 20.3 Å². The molecule has 76 valence electrons. The van der Waals surface area contributed by atoms with Crippen LogP contribution in [0.5, 0.6) is 0 Å². The minimum Gasteiger partial charge on any atom is -0.349 e. The molecule has 0 aromatic heterocycles. The van der Waals surface area contributed by atoms with E-state index in [9.17, 15) is 4.79 Å². The monoisotopic (exact) mass is 203 g/mol.